The van der Waals surface area contributed by atoms with Crippen LogP contribution in [0.25, 0.3) is 0 Å². The van der Waals surface area contributed by atoms with Crippen molar-refractivity contribution in [3.05, 3.63) is 17.7 Å². The first-order valence-electron chi connectivity index (χ1n) is 7.03. The Balaban J connectivity index is 3.02. The first-order chi connectivity index (χ1) is 7.99. The maximum absolute atomic E-state index is 4.67. The minimum atomic E-state index is 0.551. The summed E-state index contributed by atoms with van der Waals surface area (Å²) in [4.78, 5) is 4.67. The van der Waals surface area contributed by atoms with Gasteiger partial charge in [-0.15, -0.1) is 0 Å². The van der Waals surface area contributed by atoms with E-state index in [4.69, 9.17) is 0 Å². The second-order valence-electron chi connectivity index (χ2n) is 5.75. The van der Waals surface area contributed by atoms with E-state index >= 15 is 0 Å². The molecule has 0 radical (unpaired) electrons. The van der Waals surface area contributed by atoms with Gasteiger partial charge >= 0.3 is 0 Å². The minimum absolute atomic E-state index is 0.551. The molecule has 98 valence electrons. The lowest BCUT2D eigenvalue weighted by atomic mass is 9.91. The molecule has 0 saturated carbocycles. The topological polar surface area (TPSA) is 17.8 Å². The van der Waals surface area contributed by atoms with Gasteiger partial charge in [0.1, 0.15) is 0 Å². The van der Waals surface area contributed by atoms with Crippen molar-refractivity contribution in [2.75, 3.05) is 0 Å². The number of hydrogen-bond donors (Lipinski definition) is 0. The van der Waals surface area contributed by atoms with E-state index < -0.39 is 0 Å². The molecule has 0 aliphatic heterocycles. The van der Waals surface area contributed by atoms with Crippen LogP contribution in [-0.4, -0.2) is 9.55 Å². The molecular formula is C15H28N2. The molecule has 0 aliphatic carbocycles. The van der Waals surface area contributed by atoms with E-state index in [1.165, 1.54) is 24.2 Å². The lowest BCUT2D eigenvalue weighted by Gasteiger charge is -2.19. The lowest BCUT2D eigenvalue weighted by molar-refractivity contribution is 0.512. The van der Waals surface area contributed by atoms with Crippen molar-refractivity contribution in [1.82, 2.24) is 9.55 Å². The van der Waals surface area contributed by atoms with Gasteiger partial charge in [-0.05, 0) is 18.3 Å². The number of aromatic nitrogens is 2. The highest BCUT2D eigenvalue weighted by atomic mass is 15.1. The van der Waals surface area contributed by atoms with Gasteiger partial charge in [0.25, 0.3) is 0 Å². The van der Waals surface area contributed by atoms with Gasteiger partial charge in [-0.3, -0.25) is 0 Å². The Hall–Kier alpha value is -0.790. The number of nitrogens with zero attached hydrogens (tertiary/aromatic N) is 2. The van der Waals surface area contributed by atoms with Crippen molar-refractivity contribution in [2.24, 2.45) is 5.92 Å². The van der Waals surface area contributed by atoms with Gasteiger partial charge in [0.2, 0.25) is 0 Å². The summed E-state index contributed by atoms with van der Waals surface area (Å²) in [6, 6.07) is 0. The average Bonchev–Trinajstić information content (AvgIpc) is 2.68. The van der Waals surface area contributed by atoms with Crippen LogP contribution in [0.15, 0.2) is 6.33 Å². The maximum Gasteiger partial charge on any atom is 0.0951 e. The molecule has 2 nitrogen and oxygen atoms in total. The summed E-state index contributed by atoms with van der Waals surface area (Å²) in [6.07, 6.45) is 4.52. The maximum atomic E-state index is 4.67. The standard InChI is InChI=1S/C15H28N2/c1-7-8-9-17-10-16-14(13(6)11(2)3)15(17)12(4)5/h10-13H,7-9H2,1-6H3. The van der Waals surface area contributed by atoms with E-state index in [0.717, 1.165) is 6.54 Å². The van der Waals surface area contributed by atoms with Crippen LogP contribution in [-0.2, 0) is 6.54 Å². The number of unbranched alkanes of at least 4 members (excludes halogenated alkanes) is 1. The molecule has 1 atom stereocenters. The second-order valence-corrected chi connectivity index (χ2v) is 5.75. The number of hydrogen-bond acceptors (Lipinski definition) is 1. The SMILES string of the molecule is CCCCn1cnc(C(C)C(C)C)c1C(C)C. The van der Waals surface area contributed by atoms with Crippen LogP contribution in [0.2, 0.25) is 0 Å². The van der Waals surface area contributed by atoms with Crippen molar-refractivity contribution in [2.45, 2.75) is 72.8 Å². The summed E-state index contributed by atoms with van der Waals surface area (Å²) in [5, 5.41) is 0. The molecule has 0 amide bonds. The van der Waals surface area contributed by atoms with Gasteiger partial charge in [-0.1, -0.05) is 48.0 Å². The van der Waals surface area contributed by atoms with Crippen molar-refractivity contribution in [3.63, 3.8) is 0 Å². The third-order valence-corrected chi connectivity index (χ3v) is 3.64. The van der Waals surface area contributed by atoms with Crippen LogP contribution < -0.4 is 0 Å². The molecule has 1 heterocycles. The Kier molecular flexibility index (Phi) is 5.23. The van der Waals surface area contributed by atoms with Crippen molar-refractivity contribution in [3.8, 4) is 0 Å². The Morgan fingerprint density at radius 2 is 1.82 bits per heavy atom. The molecule has 0 saturated heterocycles. The molecule has 0 spiro atoms. The van der Waals surface area contributed by atoms with E-state index in [0.29, 0.717) is 17.8 Å². The van der Waals surface area contributed by atoms with Crippen LogP contribution >= 0.6 is 0 Å². The van der Waals surface area contributed by atoms with Crippen LogP contribution in [0.5, 0.6) is 0 Å². The molecule has 0 aromatic carbocycles. The molecule has 1 aromatic rings. The Bertz CT molecular complexity index is 337. The molecule has 1 unspecified atom stereocenters. The van der Waals surface area contributed by atoms with Crippen LogP contribution in [0.3, 0.4) is 0 Å². The second kappa shape index (κ2) is 6.23. The van der Waals surface area contributed by atoms with Gasteiger partial charge in [-0.25, -0.2) is 4.98 Å². The summed E-state index contributed by atoms with van der Waals surface area (Å²) in [5.41, 5.74) is 2.76. The molecular weight excluding hydrogens is 208 g/mol. The molecule has 0 N–H and O–H groups in total. The third-order valence-electron chi connectivity index (χ3n) is 3.64. The molecule has 1 aromatic heterocycles. The summed E-state index contributed by atoms with van der Waals surface area (Å²) in [5.74, 6) is 1.77. The highest BCUT2D eigenvalue weighted by Crippen LogP contribution is 2.30. The summed E-state index contributed by atoms with van der Waals surface area (Å²) >= 11 is 0. The molecule has 2 heteroatoms. The van der Waals surface area contributed by atoms with E-state index in [-0.39, 0.29) is 0 Å². The molecule has 0 bridgehead atoms. The lowest BCUT2D eigenvalue weighted by Crippen LogP contribution is -2.10. The summed E-state index contributed by atoms with van der Waals surface area (Å²) in [6.45, 7) is 14.8. The normalized spacial score (nSPS) is 13.6. The van der Waals surface area contributed by atoms with Crippen LogP contribution in [0, 0.1) is 5.92 Å². The fraction of sp³-hybridized carbons (Fsp3) is 0.800. The third kappa shape index (κ3) is 3.34. The molecule has 0 fully saturated rings. The molecule has 17 heavy (non-hydrogen) atoms. The van der Waals surface area contributed by atoms with Gasteiger partial charge < -0.3 is 4.57 Å². The van der Waals surface area contributed by atoms with E-state index in [1.54, 1.807) is 0 Å². The highest BCUT2D eigenvalue weighted by molar-refractivity contribution is 5.21. The van der Waals surface area contributed by atoms with E-state index in [2.05, 4.69) is 51.1 Å². The predicted octanol–water partition coefficient (Wildman–Crippen LogP) is 4.57. The smallest absolute Gasteiger partial charge is 0.0951 e. The quantitative estimate of drug-likeness (QED) is 0.707. The van der Waals surface area contributed by atoms with E-state index in [1.807, 2.05) is 6.33 Å². The highest BCUT2D eigenvalue weighted by Gasteiger charge is 2.21. The Morgan fingerprint density at radius 1 is 1.18 bits per heavy atom. The minimum Gasteiger partial charge on any atom is -0.334 e. The Labute approximate surface area is 106 Å². The Morgan fingerprint density at radius 3 is 2.29 bits per heavy atom. The number of imidazole rings is 1. The van der Waals surface area contributed by atoms with Gasteiger partial charge in [0, 0.05) is 18.2 Å². The van der Waals surface area contributed by atoms with Crippen molar-refractivity contribution >= 4 is 0 Å². The number of aryl methyl sites for hydroxylation is 1. The van der Waals surface area contributed by atoms with Gasteiger partial charge in [-0.2, -0.15) is 0 Å². The zero-order chi connectivity index (χ0) is 13.0. The number of rotatable bonds is 6. The first-order valence-corrected chi connectivity index (χ1v) is 7.03. The van der Waals surface area contributed by atoms with Crippen LogP contribution in [0.4, 0.5) is 0 Å². The van der Waals surface area contributed by atoms with Gasteiger partial charge in [0.05, 0.1) is 12.0 Å². The monoisotopic (exact) mass is 236 g/mol. The van der Waals surface area contributed by atoms with Crippen LogP contribution in [0.1, 0.15) is 77.6 Å². The molecule has 0 aliphatic rings. The fourth-order valence-corrected chi connectivity index (χ4v) is 2.21. The predicted molar refractivity (Wildman–Crippen MR) is 74.5 cm³/mol. The summed E-state index contributed by atoms with van der Waals surface area (Å²) in [7, 11) is 0. The first kappa shape index (κ1) is 14.3. The van der Waals surface area contributed by atoms with Crippen molar-refractivity contribution in [1.29, 1.82) is 0 Å². The van der Waals surface area contributed by atoms with Gasteiger partial charge in [0.15, 0.2) is 0 Å². The molecule has 1 rings (SSSR count). The summed E-state index contributed by atoms with van der Waals surface area (Å²) < 4.78 is 2.36. The largest absolute Gasteiger partial charge is 0.334 e. The zero-order valence-electron chi connectivity index (χ0n) is 12.3. The zero-order valence-corrected chi connectivity index (χ0v) is 12.3. The van der Waals surface area contributed by atoms with Crippen molar-refractivity contribution < 1.29 is 0 Å². The fourth-order valence-electron chi connectivity index (χ4n) is 2.21. The average molecular weight is 236 g/mol. The van der Waals surface area contributed by atoms with E-state index in [9.17, 15) is 0 Å².